The van der Waals surface area contributed by atoms with Gasteiger partial charge in [-0.3, -0.25) is 13.3 Å². The Hall–Kier alpha value is 1.76. The molecule has 0 amide bonds. The van der Waals surface area contributed by atoms with Gasteiger partial charge in [-0.15, -0.1) is 0 Å². The summed E-state index contributed by atoms with van der Waals surface area (Å²) in [5, 5.41) is 0. The van der Waals surface area contributed by atoms with E-state index in [1.165, 1.54) is 0 Å². The minimum Gasteiger partial charge on any atom is -0.761 e. The van der Waals surface area contributed by atoms with Crippen LogP contribution in [0.25, 0.3) is 0 Å². The monoisotopic (exact) mass is 384 g/mol. The average molecular weight is 384 g/mol. The molecule has 0 rings (SSSR count). The second kappa shape index (κ2) is 11.3. The number of rotatable bonds is 4. The van der Waals surface area contributed by atoms with Crippen molar-refractivity contribution in [3.05, 3.63) is 0 Å². The van der Waals surface area contributed by atoms with E-state index in [2.05, 4.69) is 8.67 Å². The smallest absolute Gasteiger partial charge is 0.761 e. The second-order valence-corrected chi connectivity index (χ2v) is 6.85. The van der Waals surface area contributed by atoms with E-state index in [0.29, 0.717) is 0 Å². The van der Waals surface area contributed by atoms with E-state index >= 15 is 0 Å². The maximum absolute atomic E-state index is 9.51. The predicted octanol–water partition coefficient (Wildman–Crippen LogP) is -9.13. The molecule has 0 aromatic carbocycles. The van der Waals surface area contributed by atoms with Crippen LogP contribution in [0, 0.1) is 0 Å². The van der Waals surface area contributed by atoms with E-state index in [1.807, 2.05) is 0 Å². The first-order valence-corrected chi connectivity index (χ1v) is 8.26. The summed E-state index contributed by atoms with van der Waals surface area (Å²) in [5.41, 5.74) is 0. The second-order valence-electron chi connectivity index (χ2n) is 1.60. The molecule has 0 bridgehead atoms. The Morgan fingerprint density at radius 1 is 0.842 bits per heavy atom. The van der Waals surface area contributed by atoms with Crippen LogP contribution in [0.4, 0.5) is 0 Å². The van der Waals surface area contributed by atoms with Crippen LogP contribution in [-0.2, 0) is 48.7 Å². The molecular weight excluding hydrogens is 382 g/mol. The molecule has 19 heavy (non-hydrogen) atoms. The normalized spacial score (nSPS) is 13.1. The van der Waals surface area contributed by atoms with Gasteiger partial charge in [-0.2, -0.15) is 16.8 Å². The van der Waals surface area contributed by atoms with Crippen LogP contribution in [0.5, 0.6) is 0 Å². The topological polar surface area (TPSA) is 225 Å². The van der Waals surface area contributed by atoms with Crippen LogP contribution in [0.2, 0.25) is 0 Å². The maximum atomic E-state index is 9.51. The molecule has 0 fully saturated rings. The minimum atomic E-state index is -5.07. The summed E-state index contributed by atoms with van der Waals surface area (Å²) >= 11 is 0. The molecule has 19 heteroatoms. The summed E-state index contributed by atoms with van der Waals surface area (Å²) in [6.07, 6.45) is 0. The molecule has 0 aromatic heterocycles. The van der Waals surface area contributed by atoms with Crippen LogP contribution >= 0.6 is 0 Å². The van der Waals surface area contributed by atoms with E-state index in [0.717, 1.165) is 0 Å². The summed E-state index contributed by atoms with van der Waals surface area (Å²) in [4.78, 5) is 0. The zero-order chi connectivity index (χ0) is 14.5. The van der Waals surface area contributed by atoms with Gasteiger partial charge in [0.1, 0.15) is 0 Å². The van der Waals surface area contributed by atoms with Crippen molar-refractivity contribution in [2.75, 3.05) is 0 Å². The molecule has 0 aliphatic heterocycles. The maximum Gasteiger partial charge on any atom is 1.00 e. The van der Waals surface area contributed by atoms with Crippen LogP contribution in [0.15, 0.2) is 0 Å². The summed E-state index contributed by atoms with van der Waals surface area (Å²) in [6, 6.07) is 0. The predicted molar refractivity (Wildman–Crippen MR) is 43.9 cm³/mol. The van der Waals surface area contributed by atoms with E-state index in [4.69, 9.17) is 30.8 Å². The van der Waals surface area contributed by atoms with Gasteiger partial charge in [0.2, 0.25) is 0 Å². The van der Waals surface area contributed by atoms with Crippen molar-refractivity contribution < 1.29 is 115 Å². The first kappa shape index (κ1) is 28.9. The molecule has 0 radical (unpaired) electrons. The van der Waals surface area contributed by atoms with Gasteiger partial charge in [0.25, 0.3) is 0 Å². The summed E-state index contributed by atoms with van der Waals surface area (Å²) in [5.74, 6) is 0. The van der Waals surface area contributed by atoms with Gasteiger partial charge in [-0.1, -0.05) is 8.67 Å². The van der Waals surface area contributed by atoms with Crippen molar-refractivity contribution in [3.63, 3.8) is 0 Å². The van der Waals surface area contributed by atoms with Crippen LogP contribution in [0.3, 0.4) is 0 Å². The summed E-state index contributed by atoms with van der Waals surface area (Å²) in [6.45, 7) is 0. The molecule has 0 aliphatic rings. The molecule has 0 aromatic rings. The molecule has 13 nitrogen and oxygen atoms in total. The molecule has 1 atom stereocenters. The van der Waals surface area contributed by atoms with Crippen molar-refractivity contribution in [1.29, 1.82) is 0 Å². The average Bonchev–Trinajstić information content (AvgIpc) is 1.97. The zero-order valence-electron chi connectivity index (χ0n) is 9.02. The third-order valence-electron chi connectivity index (χ3n) is 0.366. The zero-order valence-corrected chi connectivity index (χ0v) is 16.3. The van der Waals surface area contributed by atoms with Crippen molar-refractivity contribution >= 4 is 40.1 Å². The van der Waals surface area contributed by atoms with Crippen molar-refractivity contribution in [3.8, 4) is 0 Å². The van der Waals surface area contributed by atoms with E-state index < -0.39 is 40.1 Å². The Morgan fingerprint density at radius 2 is 1.00 bits per heavy atom. The molecule has 0 saturated carbocycles. The molecule has 1 unspecified atom stereocenters. The van der Waals surface area contributed by atoms with Gasteiger partial charge in [0, 0.05) is 0 Å². The Bertz CT molecular complexity index is 516. The van der Waals surface area contributed by atoms with Crippen molar-refractivity contribution in [2.45, 2.75) is 0 Å². The third kappa shape index (κ3) is 28.6. The molecular formula is H2Na2O13S4. The first-order valence-electron chi connectivity index (χ1n) is 2.53. The van der Waals surface area contributed by atoms with Gasteiger partial charge in [-0.05, 0) is 0 Å². The van der Waals surface area contributed by atoms with Crippen molar-refractivity contribution in [1.82, 2.24) is 0 Å². The molecule has 106 valence electrons. The van der Waals surface area contributed by atoms with Gasteiger partial charge < -0.3 is 9.11 Å². The fourth-order valence-corrected chi connectivity index (χ4v) is 0.632. The Kier molecular flexibility index (Phi) is 17.2. The van der Waals surface area contributed by atoms with Crippen LogP contribution < -0.4 is 59.1 Å². The fourth-order valence-electron chi connectivity index (χ4n) is 0.0702. The molecule has 0 heterocycles. The largest absolute Gasteiger partial charge is 1.00 e. The SMILES string of the molecule is O=S(=O)(O)OOS(=O)(=O)O.O=S([O-])S(=O)(=O)[O-].[Na+].[Na+]. The number of hydrogen-bond donors (Lipinski definition) is 2. The van der Waals surface area contributed by atoms with Gasteiger partial charge >= 0.3 is 79.9 Å². The minimum absolute atomic E-state index is 0. The first-order chi connectivity index (χ1) is 7.15. The van der Waals surface area contributed by atoms with Crippen LogP contribution in [-0.4, -0.2) is 47.7 Å². The van der Waals surface area contributed by atoms with E-state index in [9.17, 15) is 16.8 Å². The Balaban J connectivity index is -0.000000112. The van der Waals surface area contributed by atoms with Gasteiger partial charge in [0.15, 0.2) is 9.15 Å². The third-order valence-corrected chi connectivity index (χ3v) is 2.27. The van der Waals surface area contributed by atoms with Crippen LogP contribution in [0.1, 0.15) is 0 Å². The summed E-state index contributed by atoms with van der Waals surface area (Å²) < 4.78 is 105. The number of hydrogen-bond acceptors (Lipinski definition) is 11. The molecule has 0 aliphatic carbocycles. The van der Waals surface area contributed by atoms with Gasteiger partial charge in [-0.25, -0.2) is 8.42 Å². The quantitative estimate of drug-likeness (QED) is 0.115. The van der Waals surface area contributed by atoms with Gasteiger partial charge in [0.05, 0.1) is 10.1 Å². The van der Waals surface area contributed by atoms with E-state index in [1.54, 1.807) is 0 Å². The molecule has 0 saturated heterocycles. The van der Waals surface area contributed by atoms with E-state index in [-0.39, 0.29) is 59.1 Å². The Morgan fingerprint density at radius 3 is 1.05 bits per heavy atom. The summed E-state index contributed by atoms with van der Waals surface area (Å²) in [7, 11) is -18.6. The standard InChI is InChI=1S/2Na.H2O8S2.H2O5S2/c;;1-9(2,3)7-8-10(4,5)6;1-6(2)7(3,4)5/h;;(H,1,2,3)(H,4,5,6);(H,1,2)(H,3,4,5)/q2*+1;;/p-2. The fraction of sp³-hybridized carbons (Fsp3) is 0. The molecule has 2 N–H and O–H groups in total. The molecule has 0 spiro atoms. The Labute approximate surface area is 153 Å². The van der Waals surface area contributed by atoms with Crippen molar-refractivity contribution in [2.24, 2.45) is 0 Å².